The molecule has 228 valence electrons. The molecule has 1 fully saturated rings. The van der Waals surface area contributed by atoms with E-state index in [-0.39, 0.29) is 33.7 Å². The van der Waals surface area contributed by atoms with Gasteiger partial charge in [-0.3, -0.25) is 4.72 Å². The molecule has 4 rings (SSSR count). The van der Waals surface area contributed by atoms with Crippen LogP contribution in [0.2, 0.25) is 0 Å². The Morgan fingerprint density at radius 2 is 1.90 bits per heavy atom. The smallest absolute Gasteiger partial charge is 0.338 e. The third-order valence-corrected chi connectivity index (χ3v) is 10.1. The summed E-state index contributed by atoms with van der Waals surface area (Å²) in [5.41, 5.74) is -0.0139. The van der Waals surface area contributed by atoms with Crippen molar-refractivity contribution in [2.24, 2.45) is 11.8 Å². The number of carboxylic acid groups (broad SMARTS) is 1. The van der Waals surface area contributed by atoms with Crippen LogP contribution in [0.5, 0.6) is 11.5 Å². The van der Waals surface area contributed by atoms with Crippen LogP contribution in [-0.2, 0) is 10.0 Å². The molecule has 2 N–H and O–H groups in total. The largest absolute Gasteiger partial charge is 0.495 e. The molecule has 0 spiro atoms. The highest BCUT2D eigenvalue weighted by Gasteiger charge is 2.30. The average molecular weight is 623 g/mol. The molecular formula is C30H36F2N2O6S2. The molecule has 1 aliphatic carbocycles. The molecule has 12 heteroatoms. The lowest BCUT2D eigenvalue weighted by atomic mass is 9.74. The maximum absolute atomic E-state index is 16.1. The van der Waals surface area contributed by atoms with Crippen molar-refractivity contribution >= 4 is 33.0 Å². The van der Waals surface area contributed by atoms with Gasteiger partial charge in [-0.25, -0.2) is 18.6 Å². The molecule has 2 aromatic carbocycles. The molecule has 0 bridgehead atoms. The molecule has 0 amide bonds. The van der Waals surface area contributed by atoms with E-state index < -0.39 is 38.2 Å². The number of carbonyl (C=O) groups is 1. The van der Waals surface area contributed by atoms with Gasteiger partial charge >= 0.3 is 5.97 Å². The SMILES string of the molecule is CCCCOc1c(C2CCC(C(C)C)CC2)ccc(-c2nc(S(=O)(=O)Nc3cc(F)c(C(=O)O)cc3OC)cs2)c1F. The number of anilines is 1. The molecule has 0 aliphatic heterocycles. The van der Waals surface area contributed by atoms with Gasteiger partial charge in [0.2, 0.25) is 0 Å². The second-order valence-corrected chi connectivity index (χ2v) is 13.3. The minimum atomic E-state index is -4.36. The highest BCUT2D eigenvalue weighted by molar-refractivity contribution is 7.92. The summed E-state index contributed by atoms with van der Waals surface area (Å²) >= 11 is 0.947. The van der Waals surface area contributed by atoms with Crippen LogP contribution >= 0.6 is 11.3 Å². The lowest BCUT2D eigenvalue weighted by molar-refractivity contribution is 0.0691. The second-order valence-electron chi connectivity index (χ2n) is 10.8. The van der Waals surface area contributed by atoms with Crippen molar-refractivity contribution in [1.29, 1.82) is 0 Å². The molecule has 42 heavy (non-hydrogen) atoms. The predicted molar refractivity (Wildman–Crippen MR) is 158 cm³/mol. The number of hydrogen-bond donors (Lipinski definition) is 2. The first-order valence-electron chi connectivity index (χ1n) is 14.0. The molecule has 1 aliphatic rings. The highest BCUT2D eigenvalue weighted by atomic mass is 32.2. The quantitative estimate of drug-likeness (QED) is 0.199. The first-order chi connectivity index (χ1) is 20.0. The Labute approximate surface area is 249 Å². The second kappa shape index (κ2) is 13.4. The molecule has 1 aromatic heterocycles. The zero-order valence-corrected chi connectivity index (χ0v) is 25.7. The summed E-state index contributed by atoms with van der Waals surface area (Å²) < 4.78 is 69.9. The average Bonchev–Trinajstić information content (AvgIpc) is 3.45. The van der Waals surface area contributed by atoms with Crippen LogP contribution in [-0.4, -0.2) is 38.2 Å². The third-order valence-electron chi connectivity index (χ3n) is 7.78. The van der Waals surface area contributed by atoms with Crippen LogP contribution in [0.1, 0.15) is 81.1 Å². The van der Waals surface area contributed by atoms with E-state index >= 15 is 4.39 Å². The monoisotopic (exact) mass is 622 g/mol. The number of rotatable bonds is 12. The number of ether oxygens (including phenoxy) is 2. The van der Waals surface area contributed by atoms with Crippen molar-refractivity contribution in [3.63, 3.8) is 0 Å². The predicted octanol–water partition coefficient (Wildman–Crippen LogP) is 7.70. The molecule has 0 saturated heterocycles. The van der Waals surface area contributed by atoms with Gasteiger partial charge in [0, 0.05) is 17.0 Å². The van der Waals surface area contributed by atoms with Gasteiger partial charge in [-0.2, -0.15) is 8.42 Å². The number of thiazole rings is 1. The highest BCUT2D eigenvalue weighted by Crippen LogP contribution is 2.44. The van der Waals surface area contributed by atoms with Gasteiger partial charge in [0.05, 0.1) is 30.5 Å². The van der Waals surface area contributed by atoms with Crippen molar-refractivity contribution in [2.45, 2.75) is 70.2 Å². The fourth-order valence-corrected chi connectivity index (χ4v) is 7.46. The first kappa shape index (κ1) is 31.7. The Hall–Kier alpha value is -3.25. The molecule has 8 nitrogen and oxygen atoms in total. The van der Waals surface area contributed by atoms with E-state index in [4.69, 9.17) is 14.6 Å². The summed E-state index contributed by atoms with van der Waals surface area (Å²) in [6.07, 6.45) is 5.72. The lowest BCUT2D eigenvalue weighted by Crippen LogP contribution is -2.18. The van der Waals surface area contributed by atoms with E-state index in [2.05, 4.69) is 23.6 Å². The van der Waals surface area contributed by atoms with E-state index in [0.717, 1.165) is 67.6 Å². The van der Waals surface area contributed by atoms with E-state index in [0.29, 0.717) is 18.4 Å². The minimum Gasteiger partial charge on any atom is -0.495 e. The van der Waals surface area contributed by atoms with Crippen LogP contribution < -0.4 is 14.2 Å². The summed E-state index contributed by atoms with van der Waals surface area (Å²) in [6, 6.07) is 5.09. The Morgan fingerprint density at radius 1 is 1.19 bits per heavy atom. The minimum absolute atomic E-state index is 0.127. The number of aromatic nitrogens is 1. The van der Waals surface area contributed by atoms with Crippen molar-refractivity contribution in [3.05, 3.63) is 52.4 Å². The summed E-state index contributed by atoms with van der Waals surface area (Å²) in [5, 5.41) is 10.1. The third kappa shape index (κ3) is 6.86. The fraction of sp³-hybridized carbons (Fsp3) is 0.467. The van der Waals surface area contributed by atoms with Crippen molar-refractivity contribution < 1.29 is 36.6 Å². The number of aromatic carboxylic acids is 1. The number of hydrogen-bond acceptors (Lipinski definition) is 7. The van der Waals surface area contributed by atoms with E-state index in [1.165, 1.54) is 12.5 Å². The van der Waals surface area contributed by atoms with Crippen LogP contribution in [0, 0.1) is 23.5 Å². The Bertz CT molecular complexity index is 1530. The fourth-order valence-electron chi connectivity index (χ4n) is 5.29. The molecule has 3 aromatic rings. The lowest BCUT2D eigenvalue weighted by Gasteiger charge is -2.32. The number of carboxylic acids is 1. The first-order valence-corrected chi connectivity index (χ1v) is 16.4. The molecule has 1 saturated carbocycles. The molecular weight excluding hydrogens is 586 g/mol. The topological polar surface area (TPSA) is 115 Å². The number of halogens is 2. The zero-order valence-electron chi connectivity index (χ0n) is 24.1. The number of unbranched alkanes of at least 4 members (excludes halogenated alkanes) is 1. The number of nitrogens with zero attached hydrogens (tertiary/aromatic N) is 1. The number of methoxy groups -OCH3 is 1. The van der Waals surface area contributed by atoms with Gasteiger partial charge in [-0.1, -0.05) is 33.3 Å². The van der Waals surface area contributed by atoms with Crippen molar-refractivity contribution in [2.75, 3.05) is 18.4 Å². The maximum atomic E-state index is 16.1. The van der Waals surface area contributed by atoms with Gasteiger partial charge in [0.25, 0.3) is 10.0 Å². The molecule has 0 radical (unpaired) electrons. The van der Waals surface area contributed by atoms with E-state index in [9.17, 15) is 17.6 Å². The van der Waals surface area contributed by atoms with Crippen LogP contribution in [0.3, 0.4) is 0 Å². The maximum Gasteiger partial charge on any atom is 0.338 e. The number of benzene rings is 2. The van der Waals surface area contributed by atoms with Crippen LogP contribution in [0.25, 0.3) is 10.6 Å². The molecule has 0 atom stereocenters. The van der Waals surface area contributed by atoms with E-state index in [1.54, 1.807) is 6.07 Å². The van der Waals surface area contributed by atoms with Gasteiger partial charge in [0.1, 0.15) is 16.6 Å². The molecule has 1 heterocycles. The van der Waals surface area contributed by atoms with Gasteiger partial charge in [-0.15, -0.1) is 11.3 Å². The molecule has 0 unspecified atom stereocenters. The van der Waals surface area contributed by atoms with Crippen molar-refractivity contribution in [3.8, 4) is 22.1 Å². The van der Waals surface area contributed by atoms with Crippen LogP contribution in [0.4, 0.5) is 14.5 Å². The van der Waals surface area contributed by atoms with Gasteiger partial charge in [-0.05, 0) is 62.0 Å². The van der Waals surface area contributed by atoms with Crippen molar-refractivity contribution in [1.82, 2.24) is 4.98 Å². The standard InChI is InChI=1S/C30H36F2N2O6S2/c1-5-6-13-40-28-20(19-9-7-18(8-10-19)17(2)3)11-12-21(27(28)32)29-33-26(16-41-29)42(37,38)34-24-15-23(31)22(30(35)36)14-25(24)39-4/h11-12,14-19,34H,5-10,13H2,1-4H3,(H,35,36). The number of sulfonamides is 1. The van der Waals surface area contributed by atoms with E-state index in [1.807, 2.05) is 13.0 Å². The Kier molecular flexibility index (Phi) is 10.1. The summed E-state index contributed by atoms with van der Waals surface area (Å²) in [5.74, 6) is -1.79. The summed E-state index contributed by atoms with van der Waals surface area (Å²) in [4.78, 5) is 15.4. The van der Waals surface area contributed by atoms with Gasteiger partial charge < -0.3 is 14.6 Å². The summed E-state index contributed by atoms with van der Waals surface area (Å²) in [6.45, 7) is 6.87. The normalized spacial score (nSPS) is 17.3. The Morgan fingerprint density at radius 3 is 2.52 bits per heavy atom. The Balaban J connectivity index is 1.64. The zero-order chi connectivity index (χ0) is 30.6. The number of nitrogens with one attached hydrogen (secondary N) is 1. The summed E-state index contributed by atoms with van der Waals surface area (Å²) in [7, 11) is -3.16. The van der Waals surface area contributed by atoms with Crippen LogP contribution in [0.15, 0.2) is 34.7 Å². The van der Waals surface area contributed by atoms with Gasteiger partial charge in [0.15, 0.2) is 16.6 Å².